The molecule has 0 bridgehead atoms. The lowest BCUT2D eigenvalue weighted by atomic mass is 9.58. The molecule has 0 fully saturated rings. The zero-order valence-electron chi connectivity index (χ0n) is 18.4. The summed E-state index contributed by atoms with van der Waals surface area (Å²) >= 11 is 0. The van der Waals surface area contributed by atoms with Gasteiger partial charge in [-0.1, -0.05) is 70.2 Å². The van der Waals surface area contributed by atoms with E-state index < -0.39 is 0 Å². The molecule has 0 N–H and O–H groups in total. The molecule has 0 amide bonds. The van der Waals surface area contributed by atoms with Crippen molar-refractivity contribution < 1.29 is 0 Å². The number of nitrogens with zero attached hydrogens (tertiary/aromatic N) is 2. The van der Waals surface area contributed by atoms with Crippen molar-refractivity contribution in [3.63, 3.8) is 0 Å². The summed E-state index contributed by atoms with van der Waals surface area (Å²) in [7, 11) is 13.3. The van der Waals surface area contributed by atoms with Crippen LogP contribution in [-0.4, -0.2) is 25.1 Å². The van der Waals surface area contributed by atoms with Crippen molar-refractivity contribution in [2.75, 3.05) is 0 Å². The number of fused-ring (bicyclic) bond motifs is 7. The van der Waals surface area contributed by atoms with Gasteiger partial charge in [0, 0.05) is 11.6 Å². The second kappa shape index (κ2) is 5.28. The van der Waals surface area contributed by atoms with Crippen LogP contribution >= 0.6 is 0 Å². The highest BCUT2D eigenvalue weighted by Crippen LogP contribution is 2.62. The van der Waals surface area contributed by atoms with E-state index in [0.29, 0.717) is 10.9 Å². The molecule has 1 aliphatic carbocycles. The fraction of sp³-hybridized carbons (Fsp3) is 0.400. The van der Waals surface area contributed by atoms with Crippen LogP contribution in [0, 0.1) is 12.3 Å². The van der Waals surface area contributed by atoms with Crippen molar-refractivity contribution in [1.29, 1.82) is 0 Å². The van der Waals surface area contributed by atoms with Gasteiger partial charge in [-0.15, -0.1) is 0 Å². The van der Waals surface area contributed by atoms with E-state index in [9.17, 15) is 0 Å². The largest absolute Gasteiger partial charge is 0.299 e. The van der Waals surface area contributed by atoms with Crippen molar-refractivity contribution >= 4 is 54.1 Å². The zero-order valence-corrected chi connectivity index (χ0v) is 18.4. The van der Waals surface area contributed by atoms with Gasteiger partial charge in [-0.05, 0) is 51.8 Å². The fourth-order valence-corrected chi connectivity index (χ4v) is 5.54. The zero-order chi connectivity index (χ0) is 21.1. The predicted octanol–water partition coefficient (Wildman–Crippen LogP) is 4.13. The number of rotatable bonds is 0. The maximum atomic E-state index is 6.70. The molecule has 2 aromatic heterocycles. The third-order valence-corrected chi connectivity index (χ3v) is 8.44. The average Bonchev–Trinajstić information content (AvgIpc) is 3.07. The standard InChI is InChI=1S/C25H26B2N2/c1-13-8-9-14-10-11-29-21-17-16(23(2,3)25(6,7)24(17,4)5)18(26)19(27)20(21)28-22(29)15(14)12-13/h8-12H,1-7H3. The smallest absolute Gasteiger partial charge is 0.145 e. The molecule has 2 nitrogen and oxygen atoms in total. The quantitative estimate of drug-likeness (QED) is 0.422. The van der Waals surface area contributed by atoms with Crippen molar-refractivity contribution in [3.8, 4) is 0 Å². The number of benzene rings is 2. The van der Waals surface area contributed by atoms with Gasteiger partial charge in [-0.2, -0.15) is 0 Å². The summed E-state index contributed by atoms with van der Waals surface area (Å²) in [5.74, 6) is 0. The van der Waals surface area contributed by atoms with Crippen LogP contribution in [0.4, 0.5) is 0 Å². The molecule has 0 saturated carbocycles. The van der Waals surface area contributed by atoms with E-state index in [1.54, 1.807) is 0 Å². The Morgan fingerprint density at radius 1 is 0.862 bits per heavy atom. The van der Waals surface area contributed by atoms with Crippen LogP contribution < -0.4 is 10.9 Å². The highest BCUT2D eigenvalue weighted by molar-refractivity contribution is 6.53. The topological polar surface area (TPSA) is 17.3 Å². The van der Waals surface area contributed by atoms with Crippen LogP contribution in [0.1, 0.15) is 58.2 Å². The lowest BCUT2D eigenvalue weighted by Gasteiger charge is -2.44. The molecule has 29 heavy (non-hydrogen) atoms. The van der Waals surface area contributed by atoms with Crippen LogP contribution in [0.3, 0.4) is 0 Å². The van der Waals surface area contributed by atoms with E-state index in [-0.39, 0.29) is 16.2 Å². The second-order valence-electron chi connectivity index (χ2n) is 10.4. The van der Waals surface area contributed by atoms with Crippen molar-refractivity contribution in [2.24, 2.45) is 5.41 Å². The molecule has 0 spiro atoms. The monoisotopic (exact) mass is 376 g/mol. The predicted molar refractivity (Wildman–Crippen MR) is 126 cm³/mol. The summed E-state index contributed by atoms with van der Waals surface area (Å²) in [4.78, 5) is 5.04. The first-order valence-electron chi connectivity index (χ1n) is 10.3. The molecular weight excluding hydrogens is 350 g/mol. The maximum Gasteiger partial charge on any atom is 0.145 e. The summed E-state index contributed by atoms with van der Waals surface area (Å²) in [6.07, 6.45) is 2.13. The van der Waals surface area contributed by atoms with Crippen LogP contribution in [-0.2, 0) is 10.8 Å². The van der Waals surface area contributed by atoms with Crippen molar-refractivity contribution in [3.05, 3.63) is 47.2 Å². The minimum atomic E-state index is -0.115. The van der Waals surface area contributed by atoms with Gasteiger partial charge in [0.1, 0.15) is 21.3 Å². The first-order valence-corrected chi connectivity index (χ1v) is 10.3. The normalized spacial score (nSPS) is 19.3. The molecule has 4 aromatic rings. The molecular formula is C25H26B2N2. The third-order valence-electron chi connectivity index (χ3n) is 8.44. The van der Waals surface area contributed by atoms with E-state index in [1.165, 1.54) is 22.1 Å². The number of imidazole rings is 1. The number of pyridine rings is 1. The number of aromatic nitrogens is 2. The Kier molecular flexibility index (Phi) is 3.42. The molecule has 4 radical (unpaired) electrons. The van der Waals surface area contributed by atoms with Gasteiger partial charge >= 0.3 is 0 Å². The Hall–Kier alpha value is -2.22. The molecule has 5 rings (SSSR count). The third kappa shape index (κ3) is 1.98. The Balaban J connectivity index is 2.09. The molecule has 1 aliphatic rings. The van der Waals surface area contributed by atoms with Crippen LogP contribution in [0.15, 0.2) is 30.5 Å². The Bertz CT molecular complexity index is 1360. The molecule has 0 atom stereocenters. The minimum absolute atomic E-state index is 0.00519. The molecule has 4 heteroatoms. The molecule has 0 unspecified atom stereocenters. The Morgan fingerprint density at radius 3 is 2.21 bits per heavy atom. The number of hydrogen-bond donors (Lipinski definition) is 0. The second-order valence-corrected chi connectivity index (χ2v) is 10.4. The van der Waals surface area contributed by atoms with E-state index >= 15 is 0 Å². The van der Waals surface area contributed by atoms with E-state index in [0.717, 1.165) is 22.1 Å². The lowest BCUT2D eigenvalue weighted by Crippen LogP contribution is -2.44. The van der Waals surface area contributed by atoms with Gasteiger partial charge in [-0.25, -0.2) is 4.98 Å². The lowest BCUT2D eigenvalue weighted by molar-refractivity contribution is 0.126. The molecule has 2 aromatic carbocycles. The highest BCUT2D eigenvalue weighted by Gasteiger charge is 2.58. The maximum absolute atomic E-state index is 6.70. The van der Waals surface area contributed by atoms with Crippen LogP contribution in [0.25, 0.3) is 27.5 Å². The molecule has 142 valence electrons. The first kappa shape index (κ1) is 18.8. The summed E-state index contributed by atoms with van der Waals surface area (Å²) in [5.41, 5.74) is 7.64. The van der Waals surface area contributed by atoms with Crippen molar-refractivity contribution in [1.82, 2.24) is 9.38 Å². The van der Waals surface area contributed by atoms with Crippen LogP contribution in [0.2, 0.25) is 0 Å². The van der Waals surface area contributed by atoms with E-state index in [2.05, 4.69) is 83.3 Å². The molecule has 0 aliphatic heterocycles. The minimum Gasteiger partial charge on any atom is -0.299 e. The molecule has 0 saturated heterocycles. The van der Waals surface area contributed by atoms with Gasteiger partial charge < -0.3 is 0 Å². The van der Waals surface area contributed by atoms with Gasteiger partial charge in [0.25, 0.3) is 0 Å². The van der Waals surface area contributed by atoms with E-state index in [4.69, 9.17) is 20.7 Å². The number of hydrogen-bond acceptors (Lipinski definition) is 1. The summed E-state index contributed by atoms with van der Waals surface area (Å²) in [5, 5.41) is 2.33. The SMILES string of the molecule is [B]c1c2c(c3c(nc4c5cc(C)ccc5ccn43)c1[B])C(C)(C)C(C)(C)C2(C)C. The van der Waals surface area contributed by atoms with Gasteiger partial charge in [0.2, 0.25) is 0 Å². The van der Waals surface area contributed by atoms with Crippen molar-refractivity contribution in [2.45, 2.75) is 59.3 Å². The van der Waals surface area contributed by atoms with Gasteiger partial charge in [0.05, 0.1) is 11.0 Å². The summed E-state index contributed by atoms with van der Waals surface area (Å²) < 4.78 is 2.23. The first-order chi connectivity index (χ1) is 13.4. The van der Waals surface area contributed by atoms with Gasteiger partial charge in [-0.3, -0.25) is 4.40 Å². The van der Waals surface area contributed by atoms with Crippen LogP contribution in [0.5, 0.6) is 0 Å². The Morgan fingerprint density at radius 2 is 1.52 bits per heavy atom. The Labute approximate surface area is 175 Å². The molecule has 2 heterocycles. The summed E-state index contributed by atoms with van der Waals surface area (Å²) in [6, 6.07) is 8.66. The highest BCUT2D eigenvalue weighted by atomic mass is 15.0. The summed E-state index contributed by atoms with van der Waals surface area (Å²) in [6.45, 7) is 16.1. The van der Waals surface area contributed by atoms with E-state index in [1.807, 2.05) is 0 Å². The van der Waals surface area contributed by atoms with Gasteiger partial charge in [0.15, 0.2) is 0 Å². The number of aryl methyl sites for hydroxylation is 1. The fourth-order valence-electron chi connectivity index (χ4n) is 5.54. The average molecular weight is 376 g/mol.